The van der Waals surface area contributed by atoms with Crippen molar-refractivity contribution in [2.24, 2.45) is 0 Å². The van der Waals surface area contributed by atoms with E-state index in [4.69, 9.17) is 11.6 Å². The molecule has 0 aromatic carbocycles. The van der Waals surface area contributed by atoms with Crippen molar-refractivity contribution >= 4 is 40.3 Å². The van der Waals surface area contributed by atoms with E-state index in [-0.39, 0.29) is 11.9 Å². The van der Waals surface area contributed by atoms with Crippen LogP contribution < -0.4 is 9.80 Å². The van der Waals surface area contributed by atoms with Crippen LogP contribution in [0.15, 0.2) is 24.9 Å². The summed E-state index contributed by atoms with van der Waals surface area (Å²) in [5.74, 6) is 1.59. The molecule has 5 rings (SSSR count). The number of carbonyl (C=O) groups is 1. The van der Waals surface area contributed by atoms with Gasteiger partial charge in [0.25, 0.3) is 5.91 Å². The van der Waals surface area contributed by atoms with E-state index in [9.17, 15) is 4.79 Å². The number of anilines is 2. The van der Waals surface area contributed by atoms with Crippen LogP contribution in [-0.4, -0.2) is 74.5 Å². The van der Waals surface area contributed by atoms with E-state index < -0.39 is 0 Å². The fraction of sp³-hybridized carbons (Fsp3) is 0.450. The minimum absolute atomic E-state index is 0.0129. The van der Waals surface area contributed by atoms with Crippen LogP contribution in [-0.2, 0) is 0 Å². The van der Waals surface area contributed by atoms with Crippen LogP contribution in [0, 0.1) is 0 Å². The predicted octanol–water partition coefficient (Wildman–Crippen LogP) is 2.35. The molecule has 5 heterocycles. The summed E-state index contributed by atoms with van der Waals surface area (Å²) in [7, 11) is 0. The Morgan fingerprint density at radius 3 is 2.70 bits per heavy atom. The molecular formula is C20H23ClN8O. The third kappa shape index (κ3) is 3.32. The predicted molar refractivity (Wildman–Crippen MR) is 115 cm³/mol. The van der Waals surface area contributed by atoms with Crippen molar-refractivity contribution in [1.29, 1.82) is 0 Å². The van der Waals surface area contributed by atoms with Crippen molar-refractivity contribution in [3.63, 3.8) is 0 Å². The maximum Gasteiger partial charge on any atom is 0.255 e. The smallest absolute Gasteiger partial charge is 0.255 e. The highest BCUT2D eigenvalue weighted by atomic mass is 35.5. The Morgan fingerprint density at radius 2 is 1.93 bits per heavy atom. The molecular weight excluding hydrogens is 404 g/mol. The number of hydrogen-bond donors (Lipinski definition) is 1. The number of pyridine rings is 1. The highest BCUT2D eigenvalue weighted by Gasteiger charge is 2.29. The molecule has 1 unspecified atom stereocenters. The summed E-state index contributed by atoms with van der Waals surface area (Å²) < 4.78 is 0. The molecule has 1 atom stereocenters. The van der Waals surface area contributed by atoms with E-state index >= 15 is 0 Å². The molecule has 30 heavy (non-hydrogen) atoms. The second-order valence-corrected chi connectivity index (χ2v) is 8.22. The van der Waals surface area contributed by atoms with Gasteiger partial charge in [-0.05, 0) is 25.8 Å². The van der Waals surface area contributed by atoms with Gasteiger partial charge in [-0.1, -0.05) is 11.6 Å². The number of aromatic amines is 1. The molecule has 0 radical (unpaired) electrons. The number of piperazine rings is 1. The van der Waals surface area contributed by atoms with Crippen LogP contribution in [0.1, 0.15) is 30.1 Å². The summed E-state index contributed by atoms with van der Waals surface area (Å²) in [5.41, 5.74) is 2.07. The number of H-pyrrole nitrogens is 1. The lowest BCUT2D eigenvalue weighted by Crippen LogP contribution is -2.52. The highest BCUT2D eigenvalue weighted by molar-refractivity contribution is 6.33. The molecule has 2 aliphatic heterocycles. The molecule has 9 nitrogen and oxygen atoms in total. The average Bonchev–Trinajstić information content (AvgIpc) is 3.45. The van der Waals surface area contributed by atoms with Gasteiger partial charge in [-0.3, -0.25) is 4.79 Å². The van der Waals surface area contributed by atoms with Crippen LogP contribution in [0.3, 0.4) is 0 Å². The summed E-state index contributed by atoms with van der Waals surface area (Å²) in [6, 6.07) is 1.93. The van der Waals surface area contributed by atoms with Crippen molar-refractivity contribution in [2.75, 3.05) is 42.5 Å². The Morgan fingerprint density at radius 1 is 1.10 bits per heavy atom. The molecule has 10 heteroatoms. The van der Waals surface area contributed by atoms with Gasteiger partial charge in [-0.15, -0.1) is 0 Å². The van der Waals surface area contributed by atoms with Crippen molar-refractivity contribution in [3.05, 3.63) is 35.5 Å². The van der Waals surface area contributed by atoms with Crippen LogP contribution in [0.2, 0.25) is 5.02 Å². The number of carbonyl (C=O) groups excluding carboxylic acids is 1. The first-order chi connectivity index (χ1) is 14.6. The van der Waals surface area contributed by atoms with E-state index in [2.05, 4.69) is 41.6 Å². The molecule has 3 aromatic rings. The number of imidazole rings is 1. The van der Waals surface area contributed by atoms with Gasteiger partial charge in [0, 0.05) is 45.0 Å². The maximum atomic E-state index is 12.6. The largest absolute Gasteiger partial charge is 0.352 e. The molecule has 0 spiro atoms. The number of amides is 1. The summed E-state index contributed by atoms with van der Waals surface area (Å²) in [6.45, 7) is 6.02. The monoisotopic (exact) mass is 426 g/mol. The van der Waals surface area contributed by atoms with Crippen molar-refractivity contribution in [2.45, 2.75) is 25.8 Å². The summed E-state index contributed by atoms with van der Waals surface area (Å²) in [6.07, 6.45) is 6.96. The first kappa shape index (κ1) is 19.0. The molecule has 1 N–H and O–H groups in total. The quantitative estimate of drug-likeness (QED) is 0.686. The number of nitrogens with one attached hydrogen (secondary N) is 1. The summed E-state index contributed by atoms with van der Waals surface area (Å²) in [5, 5.41) is 0.513. The topological polar surface area (TPSA) is 94.1 Å². The number of fused-ring (bicyclic) bond motifs is 1. The van der Waals surface area contributed by atoms with Gasteiger partial charge < -0.3 is 19.7 Å². The van der Waals surface area contributed by atoms with Gasteiger partial charge in [0.1, 0.15) is 17.7 Å². The fourth-order valence-corrected chi connectivity index (χ4v) is 4.60. The molecule has 3 aromatic heterocycles. The van der Waals surface area contributed by atoms with Crippen molar-refractivity contribution in [1.82, 2.24) is 29.8 Å². The number of hydrogen-bond acceptors (Lipinski definition) is 7. The molecule has 2 saturated heterocycles. The Kier molecular flexibility index (Phi) is 4.90. The lowest BCUT2D eigenvalue weighted by molar-refractivity contribution is 0.0792. The van der Waals surface area contributed by atoms with Gasteiger partial charge in [-0.2, -0.15) is 0 Å². The molecule has 0 bridgehead atoms. The van der Waals surface area contributed by atoms with E-state index in [0.717, 1.165) is 62.7 Å². The number of halogens is 1. The Bertz CT molecular complexity index is 1080. The number of aromatic nitrogens is 5. The lowest BCUT2D eigenvalue weighted by Gasteiger charge is -2.41. The van der Waals surface area contributed by atoms with E-state index in [0.29, 0.717) is 16.2 Å². The van der Waals surface area contributed by atoms with Crippen molar-refractivity contribution in [3.8, 4) is 0 Å². The van der Waals surface area contributed by atoms with Crippen molar-refractivity contribution < 1.29 is 4.79 Å². The summed E-state index contributed by atoms with van der Waals surface area (Å²) >= 11 is 6.56. The molecule has 2 fully saturated rings. The number of nitrogens with zero attached hydrogens (tertiary/aromatic N) is 7. The zero-order valence-electron chi connectivity index (χ0n) is 16.8. The van der Waals surface area contributed by atoms with Gasteiger partial charge in [0.2, 0.25) is 0 Å². The average molecular weight is 427 g/mol. The molecule has 0 saturated carbocycles. The van der Waals surface area contributed by atoms with E-state index in [1.165, 1.54) is 0 Å². The normalized spacial score (nSPS) is 19.7. The number of rotatable bonds is 3. The Labute approximate surface area is 179 Å². The lowest BCUT2D eigenvalue weighted by atomic mass is 10.1. The first-order valence-electron chi connectivity index (χ1n) is 10.2. The van der Waals surface area contributed by atoms with Gasteiger partial charge in [0.15, 0.2) is 11.5 Å². The van der Waals surface area contributed by atoms with Gasteiger partial charge >= 0.3 is 0 Å². The molecule has 2 aliphatic rings. The van der Waals surface area contributed by atoms with Gasteiger partial charge in [-0.25, -0.2) is 19.9 Å². The van der Waals surface area contributed by atoms with Crippen LogP contribution in [0.5, 0.6) is 0 Å². The minimum atomic E-state index is 0.0129. The maximum absolute atomic E-state index is 12.6. The molecule has 156 valence electrons. The fourth-order valence-electron chi connectivity index (χ4n) is 4.32. The zero-order chi connectivity index (χ0) is 20.7. The first-order valence-corrected chi connectivity index (χ1v) is 10.6. The molecule has 1 amide bonds. The van der Waals surface area contributed by atoms with Crippen LogP contribution in [0.25, 0.3) is 11.2 Å². The summed E-state index contributed by atoms with van der Waals surface area (Å²) in [4.78, 5) is 39.5. The third-order valence-electron chi connectivity index (χ3n) is 5.86. The second-order valence-electron chi connectivity index (χ2n) is 7.82. The number of likely N-dealkylation sites (tertiary alicyclic amines) is 1. The van der Waals surface area contributed by atoms with Crippen LogP contribution >= 0.6 is 11.6 Å². The second kappa shape index (κ2) is 7.71. The minimum Gasteiger partial charge on any atom is -0.352 e. The third-order valence-corrected chi connectivity index (χ3v) is 6.14. The van der Waals surface area contributed by atoms with Gasteiger partial charge in [0.05, 0.1) is 16.9 Å². The van der Waals surface area contributed by atoms with E-state index in [1.807, 2.05) is 4.90 Å². The standard InChI is InChI=1S/C20H23ClN8O/c1-13-10-28(6-7-29(13)19-16-17(24-11-23-16)25-12-26-19)18-15(21)8-14(9-22-18)20(30)27-4-2-3-5-27/h8-9,11-13H,2-7,10H2,1H3,(H,23,24,25,26). The molecule has 0 aliphatic carbocycles. The van der Waals surface area contributed by atoms with E-state index in [1.54, 1.807) is 24.9 Å². The Hall–Kier alpha value is -2.94. The SMILES string of the molecule is CC1CN(c2ncc(C(=O)N3CCCC3)cc2Cl)CCN1c1ncnc2nc[nH]c12. The zero-order valence-corrected chi connectivity index (χ0v) is 17.5. The Balaban J connectivity index is 1.33. The van der Waals surface area contributed by atoms with Crippen LogP contribution in [0.4, 0.5) is 11.6 Å². The highest BCUT2D eigenvalue weighted by Crippen LogP contribution is 2.29.